The standard InChI is InChI=1S/C16H23BrClNO/c1-5-20-15-9-14(16(15,3)4)19-10(2)12-7-6-11(17)8-13(12)18/h6-8,10,14-15,19H,5,9H2,1-4H3. The molecule has 3 unspecified atom stereocenters. The zero-order valence-corrected chi connectivity index (χ0v) is 14.9. The quantitative estimate of drug-likeness (QED) is 0.801. The van der Waals surface area contributed by atoms with E-state index in [1.54, 1.807) is 0 Å². The van der Waals surface area contributed by atoms with E-state index in [1.807, 2.05) is 12.1 Å². The first kappa shape index (κ1) is 16.3. The minimum Gasteiger partial charge on any atom is -0.378 e. The zero-order chi connectivity index (χ0) is 14.9. The molecule has 0 spiro atoms. The summed E-state index contributed by atoms with van der Waals surface area (Å²) in [7, 11) is 0. The van der Waals surface area contributed by atoms with E-state index in [9.17, 15) is 0 Å². The van der Waals surface area contributed by atoms with Gasteiger partial charge in [-0.2, -0.15) is 0 Å². The van der Waals surface area contributed by atoms with Gasteiger partial charge in [0.1, 0.15) is 0 Å². The molecule has 2 nitrogen and oxygen atoms in total. The van der Waals surface area contributed by atoms with Crippen molar-refractivity contribution >= 4 is 27.5 Å². The van der Waals surface area contributed by atoms with E-state index in [0.29, 0.717) is 12.1 Å². The van der Waals surface area contributed by atoms with Crippen LogP contribution in [0.2, 0.25) is 5.02 Å². The van der Waals surface area contributed by atoms with Crippen LogP contribution in [0.25, 0.3) is 0 Å². The second kappa shape index (κ2) is 6.35. The summed E-state index contributed by atoms with van der Waals surface area (Å²) in [4.78, 5) is 0. The molecule has 1 aromatic rings. The van der Waals surface area contributed by atoms with Crippen molar-refractivity contribution in [3.05, 3.63) is 33.3 Å². The summed E-state index contributed by atoms with van der Waals surface area (Å²) >= 11 is 9.77. The number of ether oxygens (including phenoxy) is 1. The number of hydrogen-bond acceptors (Lipinski definition) is 2. The van der Waals surface area contributed by atoms with Crippen molar-refractivity contribution in [2.75, 3.05) is 6.61 Å². The molecule has 20 heavy (non-hydrogen) atoms. The van der Waals surface area contributed by atoms with Crippen molar-refractivity contribution in [1.82, 2.24) is 5.32 Å². The molecule has 1 saturated carbocycles. The van der Waals surface area contributed by atoms with Crippen molar-refractivity contribution in [2.45, 2.75) is 52.3 Å². The maximum absolute atomic E-state index is 6.32. The Kier molecular flexibility index (Phi) is 5.17. The van der Waals surface area contributed by atoms with Gasteiger partial charge in [-0.3, -0.25) is 0 Å². The molecule has 0 bridgehead atoms. The van der Waals surface area contributed by atoms with Gasteiger partial charge < -0.3 is 10.1 Å². The van der Waals surface area contributed by atoms with Crippen LogP contribution in [0, 0.1) is 5.41 Å². The largest absolute Gasteiger partial charge is 0.378 e. The van der Waals surface area contributed by atoms with Crippen molar-refractivity contribution < 1.29 is 4.74 Å². The molecule has 3 atom stereocenters. The van der Waals surface area contributed by atoms with Crippen molar-refractivity contribution in [3.8, 4) is 0 Å². The van der Waals surface area contributed by atoms with Gasteiger partial charge in [-0.1, -0.05) is 47.4 Å². The van der Waals surface area contributed by atoms with E-state index in [4.69, 9.17) is 16.3 Å². The van der Waals surface area contributed by atoms with Crippen LogP contribution in [0.3, 0.4) is 0 Å². The molecule has 2 rings (SSSR count). The van der Waals surface area contributed by atoms with E-state index in [-0.39, 0.29) is 11.5 Å². The molecule has 0 saturated heterocycles. The van der Waals surface area contributed by atoms with Crippen LogP contribution in [-0.4, -0.2) is 18.8 Å². The molecule has 1 fully saturated rings. The lowest BCUT2D eigenvalue weighted by atomic mass is 9.64. The van der Waals surface area contributed by atoms with Gasteiger partial charge in [-0.05, 0) is 38.0 Å². The van der Waals surface area contributed by atoms with E-state index in [1.165, 1.54) is 0 Å². The van der Waals surface area contributed by atoms with Gasteiger partial charge in [0, 0.05) is 33.6 Å². The summed E-state index contributed by atoms with van der Waals surface area (Å²) < 4.78 is 6.79. The fraction of sp³-hybridized carbons (Fsp3) is 0.625. The molecule has 1 aliphatic rings. The summed E-state index contributed by atoms with van der Waals surface area (Å²) in [6, 6.07) is 6.77. The Balaban J connectivity index is 2.01. The number of benzene rings is 1. The maximum atomic E-state index is 6.32. The van der Waals surface area contributed by atoms with Crippen molar-refractivity contribution in [1.29, 1.82) is 0 Å². The molecule has 1 aliphatic carbocycles. The zero-order valence-electron chi connectivity index (χ0n) is 12.5. The highest BCUT2D eigenvalue weighted by atomic mass is 79.9. The number of halogens is 2. The molecule has 0 aliphatic heterocycles. The summed E-state index contributed by atoms with van der Waals surface area (Å²) in [6.45, 7) is 9.55. The third-order valence-corrected chi connectivity index (χ3v) is 5.25. The minimum atomic E-state index is 0.173. The van der Waals surface area contributed by atoms with E-state index >= 15 is 0 Å². The van der Waals surface area contributed by atoms with Gasteiger partial charge >= 0.3 is 0 Å². The molecule has 0 radical (unpaired) electrons. The molecule has 1 N–H and O–H groups in total. The number of rotatable bonds is 5. The topological polar surface area (TPSA) is 21.3 Å². The lowest BCUT2D eigenvalue weighted by molar-refractivity contribution is -0.116. The normalized spacial score (nSPS) is 26.1. The smallest absolute Gasteiger partial charge is 0.0655 e. The maximum Gasteiger partial charge on any atom is 0.0655 e. The lowest BCUT2D eigenvalue weighted by Gasteiger charge is -2.52. The Labute approximate surface area is 135 Å². The van der Waals surface area contributed by atoms with Gasteiger partial charge in [0.2, 0.25) is 0 Å². The third-order valence-electron chi connectivity index (χ3n) is 4.43. The molecular formula is C16H23BrClNO. The average molecular weight is 361 g/mol. The number of hydrogen-bond donors (Lipinski definition) is 1. The SMILES string of the molecule is CCOC1CC(NC(C)c2ccc(Br)cc2Cl)C1(C)C. The van der Waals surface area contributed by atoms with Crippen LogP contribution < -0.4 is 5.32 Å². The molecule has 112 valence electrons. The highest BCUT2D eigenvalue weighted by Gasteiger charge is 2.49. The third kappa shape index (κ3) is 3.22. The van der Waals surface area contributed by atoms with Gasteiger partial charge in [0.15, 0.2) is 0 Å². The van der Waals surface area contributed by atoms with Crippen LogP contribution in [0.4, 0.5) is 0 Å². The van der Waals surface area contributed by atoms with Crippen LogP contribution in [0.5, 0.6) is 0 Å². The highest BCUT2D eigenvalue weighted by molar-refractivity contribution is 9.10. The fourth-order valence-corrected chi connectivity index (χ4v) is 3.73. The second-order valence-corrected chi connectivity index (χ2v) is 7.43. The van der Waals surface area contributed by atoms with Gasteiger partial charge in [-0.25, -0.2) is 0 Å². The predicted octanol–water partition coefficient (Wildman–Crippen LogP) is 4.96. The second-order valence-electron chi connectivity index (χ2n) is 6.11. The predicted molar refractivity (Wildman–Crippen MR) is 88.3 cm³/mol. The Hall–Kier alpha value is -0.0900. The molecule has 0 aromatic heterocycles. The van der Waals surface area contributed by atoms with E-state index in [2.05, 4.69) is 55.0 Å². The lowest BCUT2D eigenvalue weighted by Crippen LogP contribution is -2.61. The fourth-order valence-electron chi connectivity index (χ4n) is 2.90. The number of nitrogens with one attached hydrogen (secondary N) is 1. The molecule has 0 amide bonds. The van der Waals surface area contributed by atoms with Gasteiger partial charge in [0.05, 0.1) is 6.10 Å². The Bertz CT molecular complexity index is 478. The molecule has 0 heterocycles. The summed E-state index contributed by atoms with van der Waals surface area (Å²) in [5, 5.41) is 4.50. The van der Waals surface area contributed by atoms with Crippen LogP contribution in [-0.2, 0) is 4.74 Å². The van der Waals surface area contributed by atoms with E-state index in [0.717, 1.165) is 28.1 Å². The Morgan fingerprint density at radius 3 is 2.75 bits per heavy atom. The van der Waals surface area contributed by atoms with Gasteiger partial charge in [0.25, 0.3) is 0 Å². The van der Waals surface area contributed by atoms with Crippen molar-refractivity contribution in [3.63, 3.8) is 0 Å². The summed E-state index contributed by atoms with van der Waals surface area (Å²) in [6.07, 6.45) is 1.43. The van der Waals surface area contributed by atoms with Crippen molar-refractivity contribution in [2.24, 2.45) is 5.41 Å². The highest BCUT2D eigenvalue weighted by Crippen LogP contribution is 2.44. The Morgan fingerprint density at radius 1 is 1.50 bits per heavy atom. The average Bonchev–Trinajstić information content (AvgIpc) is 2.37. The van der Waals surface area contributed by atoms with Crippen LogP contribution in [0.1, 0.15) is 45.7 Å². The Morgan fingerprint density at radius 2 is 2.20 bits per heavy atom. The molecular weight excluding hydrogens is 338 g/mol. The molecule has 1 aromatic carbocycles. The summed E-state index contributed by atoms with van der Waals surface area (Å²) in [5.74, 6) is 0. The monoisotopic (exact) mass is 359 g/mol. The minimum absolute atomic E-state index is 0.173. The van der Waals surface area contributed by atoms with Crippen LogP contribution in [0.15, 0.2) is 22.7 Å². The first-order chi connectivity index (χ1) is 9.36. The molecule has 4 heteroatoms. The first-order valence-electron chi connectivity index (χ1n) is 7.18. The van der Waals surface area contributed by atoms with Gasteiger partial charge in [-0.15, -0.1) is 0 Å². The van der Waals surface area contributed by atoms with Crippen LogP contribution >= 0.6 is 27.5 Å². The summed E-state index contributed by atoms with van der Waals surface area (Å²) in [5.41, 5.74) is 1.32. The van der Waals surface area contributed by atoms with E-state index < -0.39 is 0 Å². The first-order valence-corrected chi connectivity index (χ1v) is 8.36.